The van der Waals surface area contributed by atoms with Gasteiger partial charge in [0.25, 0.3) is 0 Å². The van der Waals surface area contributed by atoms with Crippen LogP contribution in [0.15, 0.2) is 18.2 Å². The Kier molecular flexibility index (Phi) is 7.17. The van der Waals surface area contributed by atoms with Crippen molar-refractivity contribution in [2.75, 3.05) is 37.5 Å². The number of hydrogen-bond acceptors (Lipinski definition) is 4. The lowest BCUT2D eigenvalue weighted by Crippen LogP contribution is -2.38. The summed E-state index contributed by atoms with van der Waals surface area (Å²) >= 11 is 0. The monoisotopic (exact) mass is 401 g/mol. The molecule has 3 rings (SSSR count). The number of carbonyl (C=O) groups is 2. The molecule has 6 heteroatoms. The van der Waals surface area contributed by atoms with E-state index in [0.717, 1.165) is 49.2 Å². The molecule has 0 aromatic heterocycles. The normalized spacial score (nSPS) is 18.7. The largest absolute Gasteiger partial charge is 0.377 e. The van der Waals surface area contributed by atoms with Crippen molar-refractivity contribution in [3.05, 3.63) is 23.8 Å². The van der Waals surface area contributed by atoms with Gasteiger partial charge in [0, 0.05) is 57.5 Å². The fourth-order valence-corrected chi connectivity index (χ4v) is 3.87. The standard InChI is InChI=1S/C23H35N3O3/c1-16(2)12-22(27)24-19-9-10-21(25(3)4)18(13-19)14-26(23(28)17-7-8-17)15-20-6-5-11-29-20/h9-10,13,16-17,20H,5-8,11-12,14-15H2,1-4H3,(H,24,27)/t20-/m0/s1. The zero-order chi connectivity index (χ0) is 21.0. The molecule has 1 atom stereocenters. The Hall–Kier alpha value is -2.08. The van der Waals surface area contributed by atoms with Gasteiger partial charge < -0.3 is 19.9 Å². The van der Waals surface area contributed by atoms with Gasteiger partial charge in [0.05, 0.1) is 6.10 Å². The average molecular weight is 402 g/mol. The van der Waals surface area contributed by atoms with Crippen LogP contribution in [-0.2, 0) is 20.9 Å². The smallest absolute Gasteiger partial charge is 0.226 e. The highest BCUT2D eigenvalue weighted by atomic mass is 16.5. The molecule has 2 amide bonds. The molecule has 1 saturated heterocycles. The fourth-order valence-electron chi connectivity index (χ4n) is 3.87. The topological polar surface area (TPSA) is 61.9 Å². The van der Waals surface area contributed by atoms with E-state index in [1.807, 2.05) is 51.0 Å². The molecule has 0 radical (unpaired) electrons. The van der Waals surface area contributed by atoms with Gasteiger partial charge in [0.15, 0.2) is 0 Å². The molecule has 1 aromatic carbocycles. The van der Waals surface area contributed by atoms with Crippen LogP contribution in [0.25, 0.3) is 0 Å². The summed E-state index contributed by atoms with van der Waals surface area (Å²) in [6.45, 7) is 6.04. The molecule has 2 fully saturated rings. The van der Waals surface area contributed by atoms with E-state index in [1.54, 1.807) is 0 Å². The molecular weight excluding hydrogens is 366 g/mol. The van der Waals surface area contributed by atoms with Gasteiger partial charge in [0.1, 0.15) is 0 Å². The Morgan fingerprint density at radius 1 is 1.21 bits per heavy atom. The number of carbonyl (C=O) groups excluding carboxylic acids is 2. The minimum Gasteiger partial charge on any atom is -0.377 e. The average Bonchev–Trinajstić information content (AvgIpc) is 3.37. The number of benzene rings is 1. The highest BCUT2D eigenvalue weighted by Gasteiger charge is 2.35. The van der Waals surface area contributed by atoms with Crippen molar-refractivity contribution < 1.29 is 14.3 Å². The third-order valence-corrected chi connectivity index (χ3v) is 5.49. The summed E-state index contributed by atoms with van der Waals surface area (Å²) in [6.07, 6.45) is 4.70. The van der Waals surface area contributed by atoms with Crippen LogP contribution in [0.5, 0.6) is 0 Å². The first-order valence-corrected chi connectivity index (χ1v) is 10.8. The quantitative estimate of drug-likeness (QED) is 0.686. The molecule has 1 aliphatic carbocycles. The highest BCUT2D eigenvalue weighted by molar-refractivity contribution is 5.91. The fraction of sp³-hybridized carbons (Fsp3) is 0.652. The second kappa shape index (κ2) is 9.61. The summed E-state index contributed by atoms with van der Waals surface area (Å²) in [4.78, 5) is 29.2. The van der Waals surface area contributed by atoms with Crippen LogP contribution in [0, 0.1) is 11.8 Å². The first-order chi connectivity index (χ1) is 13.8. The van der Waals surface area contributed by atoms with E-state index in [9.17, 15) is 9.59 Å². The number of hydrogen-bond donors (Lipinski definition) is 1. The first kappa shape index (κ1) is 21.6. The van der Waals surface area contributed by atoms with Crippen LogP contribution >= 0.6 is 0 Å². The number of nitrogens with zero attached hydrogens (tertiary/aromatic N) is 2. The molecule has 0 unspecified atom stereocenters. The molecule has 1 aromatic rings. The predicted octanol–water partition coefficient (Wildman–Crippen LogP) is 3.65. The molecule has 29 heavy (non-hydrogen) atoms. The molecule has 1 heterocycles. The van der Waals surface area contributed by atoms with Gasteiger partial charge in [0.2, 0.25) is 11.8 Å². The Morgan fingerprint density at radius 2 is 1.97 bits per heavy atom. The number of ether oxygens (including phenoxy) is 1. The maximum Gasteiger partial charge on any atom is 0.226 e. The maximum absolute atomic E-state index is 12.9. The van der Waals surface area contributed by atoms with Gasteiger partial charge in [-0.2, -0.15) is 0 Å². The van der Waals surface area contributed by atoms with E-state index in [2.05, 4.69) is 10.2 Å². The van der Waals surface area contributed by atoms with Gasteiger partial charge in [-0.25, -0.2) is 0 Å². The van der Waals surface area contributed by atoms with Crippen molar-refractivity contribution in [3.8, 4) is 0 Å². The van der Waals surface area contributed by atoms with Crippen molar-refractivity contribution in [2.45, 2.75) is 58.6 Å². The molecule has 160 valence electrons. The van der Waals surface area contributed by atoms with E-state index in [0.29, 0.717) is 25.4 Å². The van der Waals surface area contributed by atoms with E-state index >= 15 is 0 Å². The van der Waals surface area contributed by atoms with Crippen LogP contribution in [0.1, 0.15) is 51.5 Å². The molecule has 0 bridgehead atoms. The second-order valence-electron chi connectivity index (χ2n) is 9.01. The van der Waals surface area contributed by atoms with Gasteiger partial charge in [-0.15, -0.1) is 0 Å². The highest BCUT2D eigenvalue weighted by Crippen LogP contribution is 2.33. The molecular formula is C23H35N3O3. The van der Waals surface area contributed by atoms with Crippen LogP contribution in [0.2, 0.25) is 0 Å². The lowest BCUT2D eigenvalue weighted by molar-refractivity contribution is -0.134. The summed E-state index contributed by atoms with van der Waals surface area (Å²) in [5, 5.41) is 3.00. The van der Waals surface area contributed by atoms with Gasteiger partial charge in [-0.1, -0.05) is 13.8 Å². The molecule has 1 aliphatic heterocycles. The summed E-state index contributed by atoms with van der Waals surface area (Å²) in [6, 6.07) is 5.96. The predicted molar refractivity (Wildman–Crippen MR) is 116 cm³/mol. The van der Waals surface area contributed by atoms with Crippen molar-refractivity contribution in [2.24, 2.45) is 11.8 Å². The van der Waals surface area contributed by atoms with Crippen molar-refractivity contribution in [1.82, 2.24) is 4.90 Å². The zero-order valence-electron chi connectivity index (χ0n) is 18.2. The van der Waals surface area contributed by atoms with Crippen molar-refractivity contribution >= 4 is 23.2 Å². The van der Waals surface area contributed by atoms with Gasteiger partial charge >= 0.3 is 0 Å². The minimum atomic E-state index is 0.0221. The molecule has 6 nitrogen and oxygen atoms in total. The Balaban J connectivity index is 1.79. The van der Waals surface area contributed by atoms with Crippen molar-refractivity contribution in [3.63, 3.8) is 0 Å². The molecule has 0 spiro atoms. The van der Waals surface area contributed by atoms with Crippen LogP contribution in [-0.4, -0.2) is 50.1 Å². The lowest BCUT2D eigenvalue weighted by atomic mass is 10.1. The van der Waals surface area contributed by atoms with E-state index in [1.165, 1.54) is 0 Å². The Bertz CT molecular complexity index is 722. The molecule has 1 saturated carbocycles. The van der Waals surface area contributed by atoms with E-state index < -0.39 is 0 Å². The van der Waals surface area contributed by atoms with E-state index in [-0.39, 0.29) is 23.8 Å². The lowest BCUT2D eigenvalue weighted by Gasteiger charge is -2.28. The third kappa shape index (κ3) is 6.20. The van der Waals surface area contributed by atoms with E-state index in [4.69, 9.17) is 4.74 Å². The maximum atomic E-state index is 12.9. The second-order valence-corrected chi connectivity index (χ2v) is 9.01. The number of rotatable bonds is 9. The number of nitrogens with one attached hydrogen (secondary N) is 1. The molecule has 1 N–H and O–H groups in total. The van der Waals surface area contributed by atoms with Crippen molar-refractivity contribution in [1.29, 1.82) is 0 Å². The summed E-state index contributed by atoms with van der Waals surface area (Å²) < 4.78 is 5.80. The summed E-state index contributed by atoms with van der Waals surface area (Å²) in [7, 11) is 4.01. The van der Waals surface area contributed by atoms with Gasteiger partial charge in [-0.05, 0) is 55.4 Å². The minimum absolute atomic E-state index is 0.0221. The number of anilines is 2. The SMILES string of the molecule is CC(C)CC(=O)Nc1ccc(N(C)C)c(CN(C[C@@H]2CCCO2)C(=O)C2CC2)c1. The first-order valence-electron chi connectivity index (χ1n) is 10.8. The number of amides is 2. The van der Waals surface area contributed by atoms with Crippen LogP contribution < -0.4 is 10.2 Å². The third-order valence-electron chi connectivity index (χ3n) is 5.49. The Labute approximate surface area is 174 Å². The summed E-state index contributed by atoms with van der Waals surface area (Å²) in [5.74, 6) is 0.745. The van der Waals surface area contributed by atoms with Crippen LogP contribution in [0.3, 0.4) is 0 Å². The van der Waals surface area contributed by atoms with Gasteiger partial charge in [-0.3, -0.25) is 9.59 Å². The van der Waals surface area contributed by atoms with Crippen LogP contribution in [0.4, 0.5) is 11.4 Å². The Morgan fingerprint density at radius 3 is 2.55 bits per heavy atom. The summed E-state index contributed by atoms with van der Waals surface area (Å²) in [5.41, 5.74) is 2.89. The zero-order valence-corrected chi connectivity index (χ0v) is 18.2. The molecule has 2 aliphatic rings.